The summed E-state index contributed by atoms with van der Waals surface area (Å²) in [4.78, 5) is 4.87. The van der Waals surface area contributed by atoms with Gasteiger partial charge in [-0.25, -0.2) is 0 Å². The van der Waals surface area contributed by atoms with Crippen LogP contribution in [0.4, 0.5) is 34.1 Å². The van der Waals surface area contributed by atoms with Crippen molar-refractivity contribution in [1.29, 1.82) is 0 Å². The lowest BCUT2D eigenvalue weighted by Gasteiger charge is -2.27. The van der Waals surface area contributed by atoms with E-state index in [1.165, 1.54) is 89.1 Å². The van der Waals surface area contributed by atoms with Gasteiger partial charge in [0.1, 0.15) is 0 Å². The number of fused-ring (bicyclic) bond motifs is 9. The summed E-state index contributed by atoms with van der Waals surface area (Å²) in [5, 5.41) is 2.31. The quantitative estimate of drug-likeness (QED) is 0.128. The minimum Gasteiger partial charge on any atom is -0.310 e. The number of nitrogens with zero attached hydrogens (tertiary/aromatic N) is 3. The molecule has 3 heteroatoms. The highest BCUT2D eigenvalue weighted by molar-refractivity contribution is 6.17. The van der Waals surface area contributed by atoms with Crippen molar-refractivity contribution in [2.75, 3.05) is 9.80 Å². The van der Waals surface area contributed by atoms with Gasteiger partial charge in [0.25, 0.3) is 0 Å². The number of benzene rings is 13. The Morgan fingerprint density at radius 2 is 0.494 bits per heavy atom. The first-order chi connectivity index (χ1) is 42.2. The molecule has 0 bridgehead atoms. The lowest BCUT2D eigenvalue weighted by atomic mass is 9.88. The molecule has 85 heavy (non-hydrogen) atoms. The Labute approximate surface area is 495 Å². The number of hydrogen-bond acceptors (Lipinski definition) is 2. The summed E-state index contributed by atoms with van der Waals surface area (Å²) in [5.74, 6) is 0. The molecule has 0 amide bonds. The third-order valence-corrected chi connectivity index (χ3v) is 17.1. The second-order valence-corrected chi connectivity index (χ2v) is 21.9. The number of hydrogen-bond donors (Lipinski definition) is 0. The molecule has 0 saturated heterocycles. The third-order valence-electron chi connectivity index (χ3n) is 17.1. The van der Waals surface area contributed by atoms with Crippen molar-refractivity contribution in [2.24, 2.45) is 0 Å². The van der Waals surface area contributed by atoms with Gasteiger partial charge in [0.05, 0.1) is 11.0 Å². The van der Waals surface area contributed by atoms with Gasteiger partial charge in [0.2, 0.25) is 0 Å². The van der Waals surface area contributed by atoms with Crippen LogP contribution in [-0.2, 0) is 0 Å². The number of para-hydroxylation sites is 3. The van der Waals surface area contributed by atoms with Crippen LogP contribution in [0, 0.1) is 0 Å². The van der Waals surface area contributed by atoms with Crippen LogP contribution < -0.4 is 9.80 Å². The zero-order valence-electron chi connectivity index (χ0n) is 46.6. The summed E-state index contributed by atoms with van der Waals surface area (Å²) in [6.45, 7) is 0. The average Bonchev–Trinajstić information content (AvgIpc) is 1.89. The van der Waals surface area contributed by atoms with Gasteiger partial charge in [-0.05, 0) is 186 Å². The van der Waals surface area contributed by atoms with Gasteiger partial charge in [-0.1, -0.05) is 237 Å². The highest BCUT2D eigenvalue weighted by Gasteiger charge is 2.31. The van der Waals surface area contributed by atoms with Crippen molar-refractivity contribution >= 4 is 78.2 Å². The van der Waals surface area contributed by atoms with Crippen molar-refractivity contribution in [3.63, 3.8) is 0 Å². The Morgan fingerprint density at radius 1 is 0.212 bits per heavy atom. The van der Waals surface area contributed by atoms with E-state index in [2.05, 4.69) is 348 Å². The fourth-order valence-electron chi connectivity index (χ4n) is 13.4. The second-order valence-electron chi connectivity index (χ2n) is 21.9. The standard InChI is InChI=1S/C82H55N3/c1-8-26-56(27-9-1)79(57-28-10-2-11-29-57)81-71-42-24-22-40-67(71)69-48-44-63(54-75(69)81)83(60-34-16-5-17-35-60)65-46-50-77-73(52-65)74-53-66(47-51-78(74)85(77)62-38-20-7-21-39-62)84(61-36-18-6-19-37-61)64-45-49-70-68-41-23-25-43-72(68)82(76(70)55-64)80(58-30-12-3-13-31-58)59-32-14-4-15-33-59/h1-55H. The molecular weight excluding hydrogens is 1030 g/mol. The van der Waals surface area contributed by atoms with Crippen molar-refractivity contribution < 1.29 is 0 Å². The number of rotatable bonds is 11. The van der Waals surface area contributed by atoms with Crippen molar-refractivity contribution in [2.45, 2.75) is 0 Å². The maximum absolute atomic E-state index is 2.43. The van der Waals surface area contributed by atoms with Crippen LogP contribution in [-0.4, -0.2) is 4.57 Å². The van der Waals surface area contributed by atoms with Gasteiger partial charge in [-0.2, -0.15) is 0 Å². The Hall–Kier alpha value is -11.3. The van der Waals surface area contributed by atoms with Gasteiger partial charge in [-0.3, -0.25) is 0 Å². The first kappa shape index (κ1) is 49.5. The molecule has 1 heterocycles. The summed E-state index contributed by atoms with van der Waals surface area (Å²) in [6.07, 6.45) is 0. The molecule has 0 atom stereocenters. The average molecular weight is 1080 g/mol. The highest BCUT2D eigenvalue weighted by Crippen LogP contribution is 2.54. The Bertz CT molecular complexity index is 4520. The molecular formula is C82H55N3. The Kier molecular flexibility index (Phi) is 12.2. The first-order valence-electron chi connectivity index (χ1n) is 29.2. The van der Waals surface area contributed by atoms with Crippen LogP contribution >= 0.6 is 0 Å². The molecule has 0 saturated carbocycles. The largest absolute Gasteiger partial charge is 0.310 e. The van der Waals surface area contributed by atoms with E-state index >= 15 is 0 Å². The summed E-state index contributed by atoms with van der Waals surface area (Å²) >= 11 is 0. The lowest BCUT2D eigenvalue weighted by Crippen LogP contribution is -2.10. The maximum Gasteiger partial charge on any atom is 0.0542 e. The van der Waals surface area contributed by atoms with E-state index in [1.807, 2.05) is 0 Å². The SMILES string of the molecule is c1ccc(C(=C2c3ccccc3-c3ccc(N(c4ccccc4)c4ccc5c(c4)c4cc(N(c6ccccc6)c6ccc7c(c6)C(=C(c6ccccc6)c6ccccc6)c6ccccc6-7)ccc4n5-c4ccccc4)cc32)c2ccccc2)cc1. The molecule has 0 N–H and O–H groups in total. The van der Waals surface area contributed by atoms with E-state index in [9.17, 15) is 0 Å². The molecule has 0 fully saturated rings. The summed E-state index contributed by atoms with van der Waals surface area (Å²) in [6, 6.07) is 122. The molecule has 0 unspecified atom stereocenters. The molecule has 3 nitrogen and oxygen atoms in total. The van der Waals surface area contributed by atoms with Crippen LogP contribution in [0.5, 0.6) is 0 Å². The van der Waals surface area contributed by atoms with Crippen LogP contribution in [0.25, 0.3) is 72.0 Å². The van der Waals surface area contributed by atoms with Crippen molar-refractivity contribution in [3.8, 4) is 27.9 Å². The maximum atomic E-state index is 2.43. The Balaban J connectivity index is 0.902. The summed E-state index contributed by atoms with van der Waals surface area (Å²) in [5.41, 5.74) is 29.3. The molecule has 13 aromatic carbocycles. The predicted octanol–water partition coefficient (Wildman–Crippen LogP) is 21.7. The molecule has 2 aliphatic carbocycles. The van der Waals surface area contributed by atoms with Crippen LogP contribution in [0.2, 0.25) is 0 Å². The van der Waals surface area contributed by atoms with Crippen molar-refractivity contribution in [3.05, 3.63) is 378 Å². The van der Waals surface area contributed by atoms with E-state index in [-0.39, 0.29) is 0 Å². The molecule has 2 aliphatic rings. The summed E-state index contributed by atoms with van der Waals surface area (Å²) in [7, 11) is 0. The van der Waals surface area contributed by atoms with Crippen molar-refractivity contribution in [1.82, 2.24) is 4.57 Å². The number of anilines is 6. The van der Waals surface area contributed by atoms with E-state index in [4.69, 9.17) is 0 Å². The van der Waals surface area contributed by atoms with Gasteiger partial charge >= 0.3 is 0 Å². The first-order valence-corrected chi connectivity index (χ1v) is 29.2. The minimum absolute atomic E-state index is 1.06. The zero-order chi connectivity index (χ0) is 56.2. The lowest BCUT2D eigenvalue weighted by molar-refractivity contribution is 1.18. The van der Waals surface area contributed by atoms with Gasteiger partial charge in [-0.15, -0.1) is 0 Å². The topological polar surface area (TPSA) is 11.4 Å². The normalized spacial score (nSPS) is 12.0. The molecule has 14 aromatic rings. The molecule has 0 spiro atoms. The van der Waals surface area contributed by atoms with Crippen LogP contribution in [0.15, 0.2) is 334 Å². The molecule has 0 radical (unpaired) electrons. The second kappa shape index (κ2) is 20.9. The van der Waals surface area contributed by atoms with Crippen LogP contribution in [0.3, 0.4) is 0 Å². The Morgan fingerprint density at radius 3 is 0.859 bits per heavy atom. The zero-order valence-corrected chi connectivity index (χ0v) is 46.6. The predicted molar refractivity (Wildman–Crippen MR) is 357 cm³/mol. The van der Waals surface area contributed by atoms with E-state index in [1.54, 1.807) is 0 Å². The molecule has 0 aliphatic heterocycles. The van der Waals surface area contributed by atoms with Gasteiger partial charge < -0.3 is 14.4 Å². The molecule has 1 aromatic heterocycles. The summed E-state index contributed by atoms with van der Waals surface area (Å²) < 4.78 is 2.43. The third kappa shape index (κ3) is 8.52. The van der Waals surface area contributed by atoms with Gasteiger partial charge in [0.15, 0.2) is 0 Å². The van der Waals surface area contributed by atoms with Gasteiger partial charge in [0, 0.05) is 50.6 Å². The monoisotopic (exact) mass is 1080 g/mol. The highest BCUT2D eigenvalue weighted by atomic mass is 15.2. The van der Waals surface area contributed by atoms with Crippen LogP contribution in [0.1, 0.15) is 44.5 Å². The smallest absolute Gasteiger partial charge is 0.0542 e. The fraction of sp³-hybridized carbons (Fsp3) is 0. The van der Waals surface area contributed by atoms with E-state index in [0.29, 0.717) is 0 Å². The minimum atomic E-state index is 1.06. The molecule has 16 rings (SSSR count). The molecule has 398 valence electrons. The number of aromatic nitrogens is 1. The fourth-order valence-corrected chi connectivity index (χ4v) is 13.4. The van der Waals surface area contributed by atoms with E-state index < -0.39 is 0 Å². The van der Waals surface area contributed by atoms with E-state index in [0.717, 1.165) is 61.6 Å².